The van der Waals surface area contributed by atoms with E-state index in [0.717, 1.165) is 49.5 Å². The molecule has 0 aromatic heterocycles. The monoisotopic (exact) mass is 234 g/mol. The molecular weight excluding hydrogens is 214 g/mol. The number of quaternary nitrogens is 1. The van der Waals surface area contributed by atoms with Crippen LogP contribution in [0.2, 0.25) is 0 Å². The molecule has 2 aliphatic rings. The van der Waals surface area contributed by atoms with E-state index < -0.39 is 0 Å². The molecule has 0 radical (unpaired) electrons. The topological polar surface area (TPSA) is 18.5 Å². The van der Waals surface area contributed by atoms with Gasteiger partial charge >= 0.3 is 0 Å². The first-order valence-electron chi connectivity index (χ1n) is 6.41. The Labute approximate surface area is 103 Å². The number of nitrogens with zero attached hydrogens (tertiary/aromatic N) is 1. The lowest BCUT2D eigenvalue weighted by Crippen LogP contribution is -2.55. The van der Waals surface area contributed by atoms with Gasteiger partial charge in [-0.3, -0.25) is 0 Å². The van der Waals surface area contributed by atoms with Crippen LogP contribution in [0.15, 0.2) is 24.3 Å². The number of rotatable bonds is 2. The van der Waals surface area contributed by atoms with Gasteiger partial charge in [-0.15, -0.1) is 0 Å². The Kier molecular flexibility index (Phi) is 2.81. The Morgan fingerprint density at radius 1 is 1.24 bits per heavy atom. The summed E-state index contributed by atoms with van der Waals surface area (Å²) in [5, 5.41) is 0. The minimum Gasteiger partial charge on any atom is -0.484 e. The highest BCUT2D eigenvalue weighted by atomic mass is 16.5. The van der Waals surface area contributed by atoms with Crippen LogP contribution in [0.1, 0.15) is 5.56 Å². The molecule has 2 heterocycles. The van der Waals surface area contributed by atoms with Crippen molar-refractivity contribution in [2.24, 2.45) is 0 Å². The Bertz CT molecular complexity index is 374. The number of hydrogen-bond donors (Lipinski definition) is 0. The third-order valence-corrected chi connectivity index (χ3v) is 3.91. The molecule has 1 fully saturated rings. The molecule has 0 saturated carbocycles. The summed E-state index contributed by atoms with van der Waals surface area (Å²) in [7, 11) is 2.31. The zero-order valence-electron chi connectivity index (χ0n) is 10.4. The van der Waals surface area contributed by atoms with E-state index in [1.807, 2.05) is 6.07 Å². The van der Waals surface area contributed by atoms with Crippen molar-refractivity contribution < 1.29 is 14.0 Å². The van der Waals surface area contributed by atoms with Gasteiger partial charge in [0.05, 0.1) is 20.3 Å². The van der Waals surface area contributed by atoms with E-state index in [-0.39, 0.29) is 0 Å². The molecule has 3 heteroatoms. The van der Waals surface area contributed by atoms with E-state index in [0.29, 0.717) is 6.10 Å². The van der Waals surface area contributed by atoms with Gasteiger partial charge < -0.3 is 14.0 Å². The first-order valence-corrected chi connectivity index (χ1v) is 6.41. The average Bonchev–Trinajstić information content (AvgIpc) is 2.71. The fourth-order valence-corrected chi connectivity index (χ4v) is 2.81. The summed E-state index contributed by atoms with van der Waals surface area (Å²) in [6.45, 7) is 5.08. The van der Waals surface area contributed by atoms with Gasteiger partial charge in [-0.2, -0.15) is 0 Å². The number of fused-ring (bicyclic) bond motifs is 1. The van der Waals surface area contributed by atoms with Crippen LogP contribution in [0.4, 0.5) is 0 Å². The minimum absolute atomic E-state index is 0.343. The molecule has 3 nitrogen and oxygen atoms in total. The van der Waals surface area contributed by atoms with Crippen molar-refractivity contribution in [3.05, 3.63) is 29.8 Å². The van der Waals surface area contributed by atoms with E-state index in [1.165, 1.54) is 5.56 Å². The van der Waals surface area contributed by atoms with Gasteiger partial charge in [0.1, 0.15) is 25.4 Å². The summed E-state index contributed by atoms with van der Waals surface area (Å²) >= 11 is 0. The Balaban J connectivity index is 1.65. The number of para-hydroxylation sites is 1. The molecule has 1 atom stereocenters. The molecule has 17 heavy (non-hydrogen) atoms. The van der Waals surface area contributed by atoms with Crippen molar-refractivity contribution in [3.8, 4) is 5.75 Å². The average molecular weight is 234 g/mol. The van der Waals surface area contributed by atoms with Gasteiger partial charge in [-0.05, 0) is 11.6 Å². The summed E-state index contributed by atoms with van der Waals surface area (Å²) in [6.07, 6.45) is 1.40. The molecule has 0 aliphatic carbocycles. The summed E-state index contributed by atoms with van der Waals surface area (Å²) < 4.78 is 12.5. The highest BCUT2D eigenvalue weighted by Gasteiger charge is 2.33. The quantitative estimate of drug-likeness (QED) is 0.721. The molecule has 0 N–H and O–H groups in total. The predicted octanol–water partition coefficient (Wildman–Crippen LogP) is 1.47. The highest BCUT2D eigenvalue weighted by Crippen LogP contribution is 2.29. The first kappa shape index (κ1) is 11.1. The van der Waals surface area contributed by atoms with Crippen molar-refractivity contribution >= 4 is 0 Å². The SMILES string of the molecule is C[N+]1(CC2Cc3ccccc3O2)CCOCC1. The Morgan fingerprint density at radius 2 is 2.00 bits per heavy atom. The van der Waals surface area contributed by atoms with Gasteiger partial charge in [0.25, 0.3) is 0 Å². The summed E-state index contributed by atoms with van der Waals surface area (Å²) in [5.74, 6) is 1.08. The van der Waals surface area contributed by atoms with Crippen molar-refractivity contribution in [2.75, 3.05) is 39.9 Å². The largest absolute Gasteiger partial charge is 0.484 e. The fourth-order valence-electron chi connectivity index (χ4n) is 2.81. The van der Waals surface area contributed by atoms with E-state index >= 15 is 0 Å². The molecule has 2 aliphatic heterocycles. The number of ether oxygens (including phenoxy) is 2. The number of benzene rings is 1. The second-order valence-corrected chi connectivity index (χ2v) is 5.41. The number of morpholine rings is 1. The van der Waals surface area contributed by atoms with Crippen LogP contribution in [0.3, 0.4) is 0 Å². The zero-order chi connectivity index (χ0) is 11.7. The summed E-state index contributed by atoms with van der Waals surface area (Å²) in [6, 6.07) is 8.39. The van der Waals surface area contributed by atoms with Crippen LogP contribution in [-0.4, -0.2) is 50.5 Å². The van der Waals surface area contributed by atoms with Crippen LogP contribution in [-0.2, 0) is 11.2 Å². The lowest BCUT2D eigenvalue weighted by molar-refractivity contribution is -0.919. The van der Waals surface area contributed by atoms with Crippen molar-refractivity contribution in [3.63, 3.8) is 0 Å². The van der Waals surface area contributed by atoms with Crippen molar-refractivity contribution in [1.29, 1.82) is 0 Å². The van der Waals surface area contributed by atoms with Gasteiger partial charge in [0.2, 0.25) is 0 Å². The normalized spacial score (nSPS) is 26.3. The van der Waals surface area contributed by atoms with E-state index in [2.05, 4.69) is 25.2 Å². The van der Waals surface area contributed by atoms with Crippen LogP contribution in [0.5, 0.6) is 5.75 Å². The molecule has 3 rings (SSSR count). The molecule has 0 bridgehead atoms. The standard InChI is InChI=1S/C14H20NO2/c1-15(6-8-16-9-7-15)11-13-10-12-4-2-3-5-14(12)17-13/h2-5,13H,6-11H2,1H3/q+1. The fraction of sp³-hybridized carbons (Fsp3) is 0.571. The summed E-state index contributed by atoms with van der Waals surface area (Å²) in [4.78, 5) is 0. The van der Waals surface area contributed by atoms with Gasteiger partial charge in [-0.1, -0.05) is 18.2 Å². The van der Waals surface area contributed by atoms with Crippen LogP contribution < -0.4 is 4.74 Å². The lowest BCUT2D eigenvalue weighted by atomic mass is 10.1. The molecule has 0 spiro atoms. The third-order valence-electron chi connectivity index (χ3n) is 3.91. The molecule has 1 aromatic rings. The molecule has 1 unspecified atom stereocenters. The van der Waals surface area contributed by atoms with Gasteiger partial charge in [-0.25, -0.2) is 0 Å². The molecule has 1 saturated heterocycles. The maximum atomic E-state index is 6.02. The van der Waals surface area contributed by atoms with Gasteiger partial charge in [0, 0.05) is 6.42 Å². The highest BCUT2D eigenvalue weighted by molar-refractivity contribution is 5.37. The molecule has 0 amide bonds. The second kappa shape index (κ2) is 4.31. The van der Waals surface area contributed by atoms with E-state index in [4.69, 9.17) is 9.47 Å². The lowest BCUT2D eigenvalue weighted by Gasteiger charge is -2.38. The molecule has 1 aromatic carbocycles. The van der Waals surface area contributed by atoms with E-state index in [9.17, 15) is 0 Å². The molecule has 92 valence electrons. The van der Waals surface area contributed by atoms with Crippen molar-refractivity contribution in [2.45, 2.75) is 12.5 Å². The molecular formula is C14H20NO2+. The number of hydrogen-bond acceptors (Lipinski definition) is 2. The van der Waals surface area contributed by atoms with Crippen LogP contribution in [0.25, 0.3) is 0 Å². The zero-order valence-corrected chi connectivity index (χ0v) is 10.4. The van der Waals surface area contributed by atoms with Crippen LogP contribution >= 0.6 is 0 Å². The minimum atomic E-state index is 0.343. The van der Waals surface area contributed by atoms with Crippen LogP contribution in [0, 0.1) is 0 Å². The van der Waals surface area contributed by atoms with Gasteiger partial charge in [0.15, 0.2) is 6.10 Å². The first-order chi connectivity index (χ1) is 8.25. The van der Waals surface area contributed by atoms with E-state index in [1.54, 1.807) is 0 Å². The smallest absolute Gasteiger partial charge is 0.151 e. The maximum absolute atomic E-state index is 6.02. The predicted molar refractivity (Wildman–Crippen MR) is 66.2 cm³/mol. The maximum Gasteiger partial charge on any atom is 0.151 e. The second-order valence-electron chi connectivity index (χ2n) is 5.41. The van der Waals surface area contributed by atoms with Crippen molar-refractivity contribution in [1.82, 2.24) is 0 Å². The number of likely N-dealkylation sites (N-methyl/N-ethyl adjacent to an activating group) is 1. The Morgan fingerprint density at radius 3 is 2.76 bits per heavy atom. The Hall–Kier alpha value is -1.06. The summed E-state index contributed by atoms with van der Waals surface area (Å²) in [5.41, 5.74) is 1.36. The third kappa shape index (κ3) is 2.31.